The van der Waals surface area contributed by atoms with Crippen LogP contribution in [-0.4, -0.2) is 45.5 Å². The molecule has 5 rings (SSSR count). The fourth-order valence-corrected chi connectivity index (χ4v) is 4.51. The third-order valence-corrected chi connectivity index (χ3v) is 6.14. The molecular weight excluding hydrogens is 419 g/mol. The number of halogens is 1. The number of ether oxygens (including phenoxy) is 1. The van der Waals surface area contributed by atoms with Gasteiger partial charge in [0.25, 0.3) is 11.5 Å². The first kappa shape index (κ1) is 19.5. The van der Waals surface area contributed by atoms with Gasteiger partial charge in [-0.15, -0.1) is 11.3 Å². The predicted molar refractivity (Wildman–Crippen MR) is 114 cm³/mol. The molecule has 0 aliphatic carbocycles. The Balaban J connectivity index is 1.49. The van der Waals surface area contributed by atoms with Crippen LogP contribution in [0.3, 0.4) is 0 Å². The molecule has 1 aliphatic rings. The highest BCUT2D eigenvalue weighted by atomic mass is 32.1. The lowest BCUT2D eigenvalue weighted by Crippen LogP contribution is -2.42. The Bertz CT molecular complexity index is 1320. The molecule has 1 aromatic carbocycles. The van der Waals surface area contributed by atoms with E-state index in [9.17, 15) is 14.0 Å². The third kappa shape index (κ3) is 3.62. The van der Waals surface area contributed by atoms with E-state index in [0.29, 0.717) is 46.0 Å². The van der Waals surface area contributed by atoms with Crippen molar-refractivity contribution in [2.24, 2.45) is 0 Å². The summed E-state index contributed by atoms with van der Waals surface area (Å²) >= 11 is 1.17. The van der Waals surface area contributed by atoms with Crippen LogP contribution in [0.1, 0.15) is 22.0 Å². The molecule has 1 unspecified atom stereocenters. The molecule has 7 nitrogen and oxygen atoms in total. The lowest BCUT2D eigenvalue weighted by atomic mass is 10.1. The standard InChI is InChI=1S/C22H17FN4O3S/c23-15-6-2-1-5-13(15)17-11-27(9-10-30-17)22(29)14-12-31-19-18(14)25-20(26-21(19)28)16-7-3-4-8-24-16/h1-8,12,17H,9-11H2,(H,25,26,28). The average molecular weight is 436 g/mol. The molecule has 9 heteroatoms. The third-order valence-electron chi connectivity index (χ3n) is 5.17. The van der Waals surface area contributed by atoms with Crippen LogP contribution in [-0.2, 0) is 4.74 Å². The van der Waals surface area contributed by atoms with E-state index in [4.69, 9.17) is 4.74 Å². The molecule has 0 bridgehead atoms. The number of nitrogens with zero attached hydrogens (tertiary/aromatic N) is 3. The number of aromatic nitrogens is 3. The molecular formula is C22H17FN4O3S. The van der Waals surface area contributed by atoms with Crippen molar-refractivity contribution in [3.63, 3.8) is 0 Å². The molecule has 0 spiro atoms. The molecule has 1 amide bonds. The summed E-state index contributed by atoms with van der Waals surface area (Å²) in [5.41, 5.74) is 1.30. The van der Waals surface area contributed by atoms with Crippen molar-refractivity contribution >= 4 is 27.5 Å². The van der Waals surface area contributed by atoms with Gasteiger partial charge in [0.2, 0.25) is 0 Å². The van der Waals surface area contributed by atoms with Gasteiger partial charge in [0.1, 0.15) is 27.8 Å². The second-order valence-corrected chi connectivity index (χ2v) is 7.97. The summed E-state index contributed by atoms with van der Waals surface area (Å²) in [5, 5.41) is 1.64. The van der Waals surface area contributed by atoms with Crippen LogP contribution in [0.5, 0.6) is 0 Å². The highest BCUT2D eigenvalue weighted by Gasteiger charge is 2.29. The van der Waals surface area contributed by atoms with E-state index in [1.165, 1.54) is 17.4 Å². The fourth-order valence-electron chi connectivity index (χ4n) is 3.63. The van der Waals surface area contributed by atoms with E-state index < -0.39 is 6.10 Å². The van der Waals surface area contributed by atoms with Crippen molar-refractivity contribution < 1.29 is 13.9 Å². The van der Waals surface area contributed by atoms with E-state index in [2.05, 4.69) is 15.0 Å². The second kappa shape index (κ2) is 8.01. The highest BCUT2D eigenvalue weighted by molar-refractivity contribution is 7.17. The largest absolute Gasteiger partial charge is 0.370 e. The Hall–Kier alpha value is -3.43. The number of morpholine rings is 1. The number of aromatic amines is 1. The number of carbonyl (C=O) groups is 1. The number of amides is 1. The molecule has 1 fully saturated rings. The van der Waals surface area contributed by atoms with Crippen LogP contribution in [0.4, 0.5) is 4.39 Å². The Labute approximate surface area is 180 Å². The number of carbonyl (C=O) groups excluding carboxylic acids is 1. The normalized spacial score (nSPS) is 16.5. The molecule has 1 N–H and O–H groups in total. The van der Waals surface area contributed by atoms with Gasteiger partial charge >= 0.3 is 0 Å². The summed E-state index contributed by atoms with van der Waals surface area (Å²) < 4.78 is 20.3. The minimum absolute atomic E-state index is 0.216. The number of H-pyrrole nitrogens is 1. The monoisotopic (exact) mass is 436 g/mol. The lowest BCUT2D eigenvalue weighted by molar-refractivity contribution is -0.0242. The predicted octanol–water partition coefficient (Wildman–Crippen LogP) is 3.40. The maximum Gasteiger partial charge on any atom is 0.269 e. The maximum absolute atomic E-state index is 14.2. The van der Waals surface area contributed by atoms with Gasteiger partial charge in [0.05, 0.1) is 18.7 Å². The smallest absolute Gasteiger partial charge is 0.269 e. The molecule has 0 saturated carbocycles. The Morgan fingerprint density at radius 3 is 2.87 bits per heavy atom. The number of fused-ring (bicyclic) bond motifs is 1. The van der Waals surface area contributed by atoms with Crippen LogP contribution in [0, 0.1) is 5.82 Å². The van der Waals surface area contributed by atoms with Gasteiger partial charge in [0.15, 0.2) is 5.82 Å². The maximum atomic E-state index is 14.2. The quantitative estimate of drug-likeness (QED) is 0.532. The van der Waals surface area contributed by atoms with Gasteiger partial charge in [0, 0.05) is 23.7 Å². The Morgan fingerprint density at radius 1 is 1.23 bits per heavy atom. The zero-order chi connectivity index (χ0) is 21.4. The fraction of sp³-hybridized carbons (Fsp3) is 0.182. The number of hydrogen-bond donors (Lipinski definition) is 1. The topological polar surface area (TPSA) is 88.2 Å². The Morgan fingerprint density at radius 2 is 2.06 bits per heavy atom. The van der Waals surface area contributed by atoms with Gasteiger partial charge in [-0.2, -0.15) is 0 Å². The van der Waals surface area contributed by atoms with Gasteiger partial charge < -0.3 is 14.6 Å². The van der Waals surface area contributed by atoms with Crippen LogP contribution in [0.2, 0.25) is 0 Å². The highest BCUT2D eigenvalue weighted by Crippen LogP contribution is 2.28. The lowest BCUT2D eigenvalue weighted by Gasteiger charge is -2.33. The number of nitrogens with one attached hydrogen (secondary N) is 1. The number of thiophene rings is 1. The van der Waals surface area contributed by atoms with E-state index in [0.717, 1.165) is 0 Å². The first-order valence-corrected chi connectivity index (χ1v) is 10.6. The first-order chi connectivity index (χ1) is 15.1. The van der Waals surface area contributed by atoms with E-state index in [-0.39, 0.29) is 23.8 Å². The van der Waals surface area contributed by atoms with E-state index in [1.54, 1.807) is 52.9 Å². The summed E-state index contributed by atoms with van der Waals surface area (Å²) in [6.07, 6.45) is 1.06. The minimum Gasteiger partial charge on any atom is -0.370 e. The molecule has 4 heterocycles. The molecule has 4 aromatic rings. The molecule has 1 saturated heterocycles. The van der Waals surface area contributed by atoms with Gasteiger partial charge in [-0.25, -0.2) is 9.37 Å². The summed E-state index contributed by atoms with van der Waals surface area (Å²) in [5.74, 6) is -0.325. The molecule has 1 atom stereocenters. The zero-order valence-electron chi connectivity index (χ0n) is 16.2. The SMILES string of the molecule is O=C(c1csc2c(=O)[nH]c(-c3ccccn3)nc12)N1CCOC(c2ccccc2F)C1. The van der Waals surface area contributed by atoms with Gasteiger partial charge in [-0.3, -0.25) is 14.6 Å². The molecule has 1 aliphatic heterocycles. The Kier molecular flexibility index (Phi) is 5.05. The van der Waals surface area contributed by atoms with Crippen molar-refractivity contribution in [1.82, 2.24) is 19.9 Å². The molecule has 31 heavy (non-hydrogen) atoms. The first-order valence-electron chi connectivity index (χ1n) is 9.70. The molecule has 156 valence electrons. The number of rotatable bonds is 3. The van der Waals surface area contributed by atoms with Crippen LogP contribution >= 0.6 is 11.3 Å². The van der Waals surface area contributed by atoms with Crippen LogP contribution in [0.15, 0.2) is 58.8 Å². The van der Waals surface area contributed by atoms with Gasteiger partial charge in [-0.05, 0) is 18.2 Å². The summed E-state index contributed by atoms with van der Waals surface area (Å²) in [4.78, 5) is 39.0. The molecule has 3 aromatic heterocycles. The van der Waals surface area contributed by atoms with Crippen molar-refractivity contribution in [2.75, 3.05) is 19.7 Å². The average Bonchev–Trinajstić information content (AvgIpc) is 3.24. The number of pyridine rings is 1. The van der Waals surface area contributed by atoms with Crippen LogP contribution in [0.25, 0.3) is 21.7 Å². The van der Waals surface area contributed by atoms with Crippen molar-refractivity contribution in [2.45, 2.75) is 6.10 Å². The number of hydrogen-bond acceptors (Lipinski definition) is 6. The van der Waals surface area contributed by atoms with E-state index in [1.807, 2.05) is 0 Å². The van der Waals surface area contributed by atoms with Crippen molar-refractivity contribution in [3.05, 3.63) is 81.3 Å². The van der Waals surface area contributed by atoms with Crippen LogP contribution < -0.4 is 5.56 Å². The zero-order valence-corrected chi connectivity index (χ0v) is 17.1. The second-order valence-electron chi connectivity index (χ2n) is 7.09. The van der Waals surface area contributed by atoms with Gasteiger partial charge in [-0.1, -0.05) is 24.3 Å². The summed E-state index contributed by atoms with van der Waals surface area (Å²) in [6, 6.07) is 11.7. The summed E-state index contributed by atoms with van der Waals surface area (Å²) in [7, 11) is 0. The summed E-state index contributed by atoms with van der Waals surface area (Å²) in [6.45, 7) is 0.880. The molecule has 0 radical (unpaired) electrons. The minimum atomic E-state index is -0.552. The van der Waals surface area contributed by atoms with Crippen molar-refractivity contribution in [3.8, 4) is 11.5 Å². The van der Waals surface area contributed by atoms with E-state index >= 15 is 0 Å². The van der Waals surface area contributed by atoms with Crippen molar-refractivity contribution in [1.29, 1.82) is 0 Å². The number of benzene rings is 1.